The summed E-state index contributed by atoms with van der Waals surface area (Å²) in [5, 5.41) is 34.6. The van der Waals surface area contributed by atoms with Crippen LogP contribution in [0.3, 0.4) is 0 Å². The molecule has 4 N–H and O–H groups in total. The summed E-state index contributed by atoms with van der Waals surface area (Å²) in [7, 11) is 0. The first-order valence-corrected chi connectivity index (χ1v) is 6.02. The molecular weight excluding hydrogens is 391 g/mol. The summed E-state index contributed by atoms with van der Waals surface area (Å²) in [6.07, 6.45) is 0.251. The normalized spacial score (nSPS) is 10.3. The molecule has 10 nitrogen and oxygen atoms in total. The second-order valence-corrected chi connectivity index (χ2v) is 4.35. The third-order valence-electron chi connectivity index (χ3n) is 2.38. The number of hydrogen-bond acceptors (Lipinski definition) is 6. The fourth-order valence-electron chi connectivity index (χ4n) is 1.71. The van der Waals surface area contributed by atoms with Gasteiger partial charge in [0.1, 0.15) is 0 Å². The summed E-state index contributed by atoms with van der Waals surface area (Å²) in [6, 6.07) is 0. The molecule has 0 saturated heterocycles. The molecule has 0 fully saturated rings. The van der Waals surface area contributed by atoms with Crippen molar-refractivity contribution in [1.82, 2.24) is 9.80 Å². The standard InChI is InChI=1S/C11H18N2O8.Rh/c14-8(15)4-12(5-9(16)17)2-1-3-13(6-10(18)19)7-11(20)21;/h1-7H2,(H,14,15)(H,16,17)(H,18,19)(H,20,21);. The van der Waals surface area contributed by atoms with Gasteiger partial charge in [0.05, 0.1) is 26.2 Å². The third kappa shape index (κ3) is 13.4. The molecule has 0 aliphatic heterocycles. The molecule has 0 unspecified atom stereocenters. The Morgan fingerprint density at radius 2 is 0.818 bits per heavy atom. The molecule has 0 saturated carbocycles. The molecule has 0 aromatic heterocycles. The summed E-state index contributed by atoms with van der Waals surface area (Å²) in [5.41, 5.74) is 0. The van der Waals surface area contributed by atoms with Crippen LogP contribution in [-0.4, -0.2) is 93.4 Å². The smallest absolute Gasteiger partial charge is 0.317 e. The molecule has 0 spiro atoms. The molecule has 1 radical (unpaired) electrons. The summed E-state index contributed by atoms with van der Waals surface area (Å²) in [5.74, 6) is -4.71. The molecule has 129 valence electrons. The predicted octanol–water partition coefficient (Wildman–Crippen LogP) is -1.68. The predicted molar refractivity (Wildman–Crippen MR) is 68.0 cm³/mol. The van der Waals surface area contributed by atoms with E-state index in [9.17, 15) is 19.2 Å². The van der Waals surface area contributed by atoms with Crippen molar-refractivity contribution < 1.29 is 59.1 Å². The molecule has 22 heavy (non-hydrogen) atoms. The van der Waals surface area contributed by atoms with Gasteiger partial charge in [0.2, 0.25) is 0 Å². The van der Waals surface area contributed by atoms with Crippen LogP contribution in [-0.2, 0) is 38.7 Å². The van der Waals surface area contributed by atoms with Gasteiger partial charge in [-0.1, -0.05) is 0 Å². The minimum Gasteiger partial charge on any atom is -0.480 e. The molecule has 0 aromatic rings. The molecule has 0 aromatic carbocycles. The van der Waals surface area contributed by atoms with Gasteiger partial charge >= 0.3 is 23.9 Å². The first kappa shape index (κ1) is 22.7. The van der Waals surface area contributed by atoms with E-state index >= 15 is 0 Å². The van der Waals surface area contributed by atoms with Crippen LogP contribution in [0.4, 0.5) is 0 Å². The van der Waals surface area contributed by atoms with Crippen molar-refractivity contribution in [3.8, 4) is 0 Å². The van der Waals surface area contributed by atoms with Gasteiger partial charge in [-0.05, 0) is 6.42 Å². The number of carboxylic acid groups (broad SMARTS) is 4. The monoisotopic (exact) mass is 409 g/mol. The quantitative estimate of drug-likeness (QED) is 0.275. The second-order valence-electron chi connectivity index (χ2n) is 4.35. The Morgan fingerprint density at radius 3 is 1.00 bits per heavy atom. The fraction of sp³-hybridized carbons (Fsp3) is 0.636. The van der Waals surface area contributed by atoms with Crippen molar-refractivity contribution in [3.63, 3.8) is 0 Å². The van der Waals surface area contributed by atoms with Gasteiger partial charge < -0.3 is 20.4 Å². The van der Waals surface area contributed by atoms with E-state index in [0.29, 0.717) is 0 Å². The van der Waals surface area contributed by atoms with Crippen LogP contribution in [0, 0.1) is 0 Å². The molecule has 0 aliphatic rings. The van der Waals surface area contributed by atoms with Gasteiger partial charge in [0.15, 0.2) is 0 Å². The number of aliphatic carboxylic acids is 4. The summed E-state index contributed by atoms with van der Waals surface area (Å²) in [4.78, 5) is 44.7. The molecule has 0 atom stereocenters. The Bertz CT molecular complexity index is 336. The van der Waals surface area contributed by atoms with Crippen LogP contribution in [0.2, 0.25) is 0 Å². The Morgan fingerprint density at radius 1 is 0.591 bits per heavy atom. The van der Waals surface area contributed by atoms with Gasteiger partial charge in [0.25, 0.3) is 0 Å². The Kier molecular flexibility index (Phi) is 12.4. The van der Waals surface area contributed by atoms with Crippen molar-refractivity contribution >= 4 is 23.9 Å². The van der Waals surface area contributed by atoms with Crippen LogP contribution < -0.4 is 0 Å². The fourth-order valence-corrected chi connectivity index (χ4v) is 1.71. The Balaban J connectivity index is 0. The van der Waals surface area contributed by atoms with Gasteiger partial charge in [-0.25, -0.2) is 0 Å². The van der Waals surface area contributed by atoms with E-state index in [1.54, 1.807) is 0 Å². The maximum Gasteiger partial charge on any atom is 0.317 e. The first-order chi connectivity index (χ1) is 9.70. The van der Waals surface area contributed by atoms with Crippen LogP contribution in [0.1, 0.15) is 6.42 Å². The minimum absolute atomic E-state index is 0. The molecular formula is C11H18N2O8Rh. The van der Waals surface area contributed by atoms with Crippen molar-refractivity contribution in [2.45, 2.75) is 6.42 Å². The summed E-state index contributed by atoms with van der Waals surface area (Å²) >= 11 is 0. The zero-order valence-electron chi connectivity index (χ0n) is 11.6. The second kappa shape index (κ2) is 12.0. The minimum atomic E-state index is -1.18. The molecule has 0 rings (SSSR count). The Labute approximate surface area is 139 Å². The SMILES string of the molecule is O=C(O)CN(CCCN(CC(=O)O)CC(=O)O)CC(=O)O.[Rh]. The first-order valence-electron chi connectivity index (χ1n) is 6.02. The van der Waals surface area contributed by atoms with Gasteiger partial charge in [-0.2, -0.15) is 0 Å². The zero-order chi connectivity index (χ0) is 16.4. The van der Waals surface area contributed by atoms with E-state index in [1.807, 2.05) is 0 Å². The number of rotatable bonds is 12. The maximum absolute atomic E-state index is 10.6. The van der Waals surface area contributed by atoms with E-state index in [4.69, 9.17) is 20.4 Å². The van der Waals surface area contributed by atoms with Crippen molar-refractivity contribution in [1.29, 1.82) is 0 Å². The third-order valence-corrected chi connectivity index (χ3v) is 2.38. The van der Waals surface area contributed by atoms with Crippen LogP contribution >= 0.6 is 0 Å². The van der Waals surface area contributed by atoms with Gasteiger partial charge in [-0.15, -0.1) is 0 Å². The molecule has 11 heteroatoms. The number of nitrogens with zero attached hydrogens (tertiary/aromatic N) is 2. The molecule has 0 aliphatic carbocycles. The number of carbonyl (C=O) groups is 4. The molecule has 0 amide bonds. The van der Waals surface area contributed by atoms with Crippen molar-refractivity contribution in [2.75, 3.05) is 39.3 Å². The van der Waals surface area contributed by atoms with E-state index in [1.165, 1.54) is 9.80 Å². The largest absolute Gasteiger partial charge is 0.480 e. The van der Waals surface area contributed by atoms with Gasteiger partial charge in [0, 0.05) is 32.6 Å². The van der Waals surface area contributed by atoms with Crippen LogP contribution in [0.15, 0.2) is 0 Å². The summed E-state index contributed by atoms with van der Waals surface area (Å²) in [6.45, 7) is -1.61. The zero-order valence-corrected chi connectivity index (χ0v) is 13.2. The molecule has 0 heterocycles. The molecule has 0 bridgehead atoms. The number of hydrogen-bond donors (Lipinski definition) is 4. The average molecular weight is 409 g/mol. The van der Waals surface area contributed by atoms with E-state index in [-0.39, 0.29) is 39.0 Å². The van der Waals surface area contributed by atoms with Crippen molar-refractivity contribution in [3.05, 3.63) is 0 Å². The average Bonchev–Trinajstić information content (AvgIpc) is 2.24. The maximum atomic E-state index is 10.6. The summed E-state index contributed by atoms with van der Waals surface area (Å²) < 4.78 is 0. The van der Waals surface area contributed by atoms with Crippen LogP contribution in [0.25, 0.3) is 0 Å². The van der Waals surface area contributed by atoms with E-state index < -0.39 is 50.1 Å². The van der Waals surface area contributed by atoms with Crippen molar-refractivity contribution in [2.24, 2.45) is 0 Å². The number of carboxylic acids is 4. The Hall–Kier alpha value is -1.58. The van der Waals surface area contributed by atoms with Gasteiger partial charge in [-0.3, -0.25) is 29.0 Å². The van der Waals surface area contributed by atoms with E-state index in [2.05, 4.69) is 0 Å². The van der Waals surface area contributed by atoms with E-state index in [0.717, 1.165) is 0 Å². The topological polar surface area (TPSA) is 156 Å². The van der Waals surface area contributed by atoms with Crippen LogP contribution in [0.5, 0.6) is 0 Å².